The van der Waals surface area contributed by atoms with Crippen LogP contribution in [-0.4, -0.2) is 28.6 Å². The second-order valence-electron chi connectivity index (χ2n) is 6.77. The number of fused-ring (bicyclic) bond motifs is 1. The van der Waals surface area contributed by atoms with Crippen LogP contribution in [0.25, 0.3) is 11.0 Å². The van der Waals surface area contributed by atoms with Crippen LogP contribution in [-0.2, 0) is 13.0 Å². The minimum absolute atomic E-state index is 0.222. The van der Waals surface area contributed by atoms with Crippen molar-refractivity contribution in [3.8, 4) is 5.75 Å². The lowest BCUT2D eigenvalue weighted by atomic mass is 10.2. The Morgan fingerprint density at radius 1 is 1.10 bits per heavy atom. The predicted octanol–water partition coefficient (Wildman–Crippen LogP) is 3.99. The maximum atomic E-state index is 12.1. The van der Waals surface area contributed by atoms with E-state index in [1.54, 1.807) is 12.1 Å². The fourth-order valence-corrected chi connectivity index (χ4v) is 3.31. The summed E-state index contributed by atoms with van der Waals surface area (Å²) in [5, 5.41) is 2.88. The summed E-state index contributed by atoms with van der Waals surface area (Å²) >= 11 is 0. The molecule has 0 atom stereocenters. The van der Waals surface area contributed by atoms with Gasteiger partial charge >= 0.3 is 0 Å². The van der Waals surface area contributed by atoms with Crippen molar-refractivity contribution < 1.29 is 13.9 Å². The Kier molecular flexibility index (Phi) is 5.61. The summed E-state index contributed by atoms with van der Waals surface area (Å²) in [6.07, 6.45) is 2.11. The van der Waals surface area contributed by atoms with Crippen molar-refractivity contribution in [2.45, 2.75) is 19.9 Å². The lowest BCUT2D eigenvalue weighted by molar-refractivity contribution is 0.0926. The number of hydrogen-bond acceptors (Lipinski definition) is 4. The van der Waals surface area contributed by atoms with Gasteiger partial charge in [0, 0.05) is 13.0 Å². The Morgan fingerprint density at radius 2 is 1.93 bits per heavy atom. The second-order valence-corrected chi connectivity index (χ2v) is 6.77. The molecular formula is C23H23N3O3. The molecule has 4 rings (SSSR count). The number of hydrogen-bond donors (Lipinski definition) is 1. The van der Waals surface area contributed by atoms with Gasteiger partial charge in [-0.15, -0.1) is 0 Å². The first-order chi connectivity index (χ1) is 14.2. The van der Waals surface area contributed by atoms with Gasteiger partial charge in [-0.05, 0) is 42.8 Å². The first-order valence-electron chi connectivity index (χ1n) is 9.66. The van der Waals surface area contributed by atoms with Crippen LogP contribution in [0.2, 0.25) is 0 Å². The van der Waals surface area contributed by atoms with Crippen LogP contribution in [0.1, 0.15) is 21.9 Å². The van der Waals surface area contributed by atoms with Crippen LogP contribution >= 0.6 is 0 Å². The standard InChI is InChI=1S/C23H23N3O3/c1-17-7-2-5-10-20(17)29-16-14-26-19-9-4-3-8-18(19)25-22(26)12-13-24-23(27)21-11-6-15-28-21/h2-11,15H,12-14,16H2,1H3,(H,24,27). The molecule has 6 heteroatoms. The molecule has 6 nitrogen and oxygen atoms in total. The van der Waals surface area contributed by atoms with E-state index in [4.69, 9.17) is 14.1 Å². The molecule has 0 aliphatic carbocycles. The smallest absolute Gasteiger partial charge is 0.286 e. The Bertz CT molecular complexity index is 1100. The number of nitrogens with one attached hydrogen (secondary N) is 1. The average Bonchev–Trinajstić information content (AvgIpc) is 3.38. The van der Waals surface area contributed by atoms with Gasteiger partial charge in [-0.3, -0.25) is 4.79 Å². The topological polar surface area (TPSA) is 69.3 Å². The van der Waals surface area contributed by atoms with Gasteiger partial charge in [0.15, 0.2) is 5.76 Å². The molecular weight excluding hydrogens is 366 g/mol. The van der Waals surface area contributed by atoms with Gasteiger partial charge in [0.1, 0.15) is 18.2 Å². The van der Waals surface area contributed by atoms with Crippen molar-refractivity contribution in [3.05, 3.63) is 84.1 Å². The molecule has 1 N–H and O–H groups in total. The molecule has 2 aromatic carbocycles. The number of imidazole rings is 1. The van der Waals surface area contributed by atoms with E-state index in [0.29, 0.717) is 31.9 Å². The zero-order valence-electron chi connectivity index (χ0n) is 16.3. The number of nitrogens with zero attached hydrogens (tertiary/aromatic N) is 2. The number of carbonyl (C=O) groups is 1. The Morgan fingerprint density at radius 3 is 2.76 bits per heavy atom. The zero-order valence-corrected chi connectivity index (χ0v) is 16.3. The third-order valence-electron chi connectivity index (χ3n) is 4.78. The Balaban J connectivity index is 1.44. The molecule has 148 valence electrons. The maximum absolute atomic E-state index is 12.1. The quantitative estimate of drug-likeness (QED) is 0.495. The summed E-state index contributed by atoms with van der Waals surface area (Å²) in [6, 6.07) is 19.4. The number of aromatic nitrogens is 2. The molecule has 29 heavy (non-hydrogen) atoms. The number of furan rings is 1. The van der Waals surface area contributed by atoms with Gasteiger partial charge in [-0.2, -0.15) is 0 Å². The van der Waals surface area contributed by atoms with Gasteiger partial charge < -0.3 is 19.0 Å². The van der Waals surface area contributed by atoms with E-state index in [-0.39, 0.29) is 5.91 Å². The monoisotopic (exact) mass is 389 g/mol. The molecule has 0 saturated heterocycles. The minimum atomic E-state index is -0.222. The van der Waals surface area contributed by atoms with Gasteiger partial charge in [-0.1, -0.05) is 30.3 Å². The van der Waals surface area contributed by atoms with Crippen LogP contribution < -0.4 is 10.1 Å². The molecule has 0 aliphatic heterocycles. The summed E-state index contributed by atoms with van der Waals surface area (Å²) in [5.74, 6) is 1.90. The number of amides is 1. The fraction of sp³-hybridized carbons (Fsp3) is 0.217. The highest BCUT2D eigenvalue weighted by Gasteiger charge is 2.12. The number of para-hydroxylation sites is 3. The third-order valence-corrected chi connectivity index (χ3v) is 4.78. The van der Waals surface area contributed by atoms with Crippen molar-refractivity contribution in [1.29, 1.82) is 0 Å². The second kappa shape index (κ2) is 8.65. The largest absolute Gasteiger partial charge is 0.491 e. The fourth-order valence-electron chi connectivity index (χ4n) is 3.31. The Labute approximate surface area is 169 Å². The van der Waals surface area contributed by atoms with Crippen LogP contribution in [0.3, 0.4) is 0 Å². The van der Waals surface area contributed by atoms with Crippen LogP contribution in [0.4, 0.5) is 0 Å². The van der Waals surface area contributed by atoms with E-state index in [0.717, 1.165) is 28.2 Å². The number of aryl methyl sites for hydroxylation is 1. The van der Waals surface area contributed by atoms with Crippen molar-refractivity contribution in [3.63, 3.8) is 0 Å². The lowest BCUT2D eigenvalue weighted by Gasteiger charge is -2.12. The normalized spacial score (nSPS) is 10.9. The highest BCUT2D eigenvalue weighted by Crippen LogP contribution is 2.19. The van der Waals surface area contributed by atoms with E-state index in [1.807, 2.05) is 49.4 Å². The predicted molar refractivity (Wildman–Crippen MR) is 111 cm³/mol. The summed E-state index contributed by atoms with van der Waals surface area (Å²) < 4.78 is 13.3. The third kappa shape index (κ3) is 4.32. The van der Waals surface area contributed by atoms with E-state index < -0.39 is 0 Å². The molecule has 0 radical (unpaired) electrons. The van der Waals surface area contributed by atoms with Gasteiger partial charge in [0.25, 0.3) is 5.91 Å². The number of carbonyl (C=O) groups excluding carboxylic acids is 1. The summed E-state index contributed by atoms with van der Waals surface area (Å²) in [4.78, 5) is 16.8. The van der Waals surface area contributed by atoms with E-state index in [9.17, 15) is 4.79 Å². The summed E-state index contributed by atoms with van der Waals surface area (Å²) in [6.45, 7) is 3.73. The number of benzene rings is 2. The Hall–Kier alpha value is -3.54. The van der Waals surface area contributed by atoms with Gasteiger partial charge in [0.05, 0.1) is 23.8 Å². The van der Waals surface area contributed by atoms with Crippen LogP contribution in [0.15, 0.2) is 71.3 Å². The molecule has 2 heterocycles. The molecule has 4 aromatic rings. The average molecular weight is 389 g/mol. The number of rotatable bonds is 8. The SMILES string of the molecule is Cc1ccccc1OCCn1c(CCNC(=O)c2ccco2)nc2ccccc21. The molecule has 0 bridgehead atoms. The van der Waals surface area contributed by atoms with Crippen molar-refractivity contribution in [2.24, 2.45) is 0 Å². The summed E-state index contributed by atoms with van der Waals surface area (Å²) in [5.41, 5.74) is 3.12. The van der Waals surface area contributed by atoms with E-state index in [2.05, 4.69) is 16.0 Å². The first kappa shape index (κ1) is 18.8. The van der Waals surface area contributed by atoms with Crippen LogP contribution in [0, 0.1) is 6.92 Å². The van der Waals surface area contributed by atoms with Crippen LogP contribution in [0.5, 0.6) is 5.75 Å². The molecule has 1 amide bonds. The van der Waals surface area contributed by atoms with Gasteiger partial charge in [-0.25, -0.2) is 4.98 Å². The van der Waals surface area contributed by atoms with Crippen molar-refractivity contribution >= 4 is 16.9 Å². The van der Waals surface area contributed by atoms with E-state index in [1.165, 1.54) is 6.26 Å². The molecule has 0 aliphatic rings. The molecule has 2 aromatic heterocycles. The van der Waals surface area contributed by atoms with Crippen molar-refractivity contribution in [2.75, 3.05) is 13.2 Å². The summed E-state index contributed by atoms with van der Waals surface area (Å²) in [7, 11) is 0. The number of ether oxygens (including phenoxy) is 1. The molecule has 0 unspecified atom stereocenters. The first-order valence-corrected chi connectivity index (χ1v) is 9.66. The highest BCUT2D eigenvalue weighted by molar-refractivity contribution is 5.91. The maximum Gasteiger partial charge on any atom is 0.286 e. The van der Waals surface area contributed by atoms with Crippen molar-refractivity contribution in [1.82, 2.24) is 14.9 Å². The molecule has 0 spiro atoms. The lowest BCUT2D eigenvalue weighted by Crippen LogP contribution is -2.26. The molecule has 0 saturated carbocycles. The van der Waals surface area contributed by atoms with Gasteiger partial charge in [0.2, 0.25) is 0 Å². The minimum Gasteiger partial charge on any atom is -0.491 e. The zero-order chi connectivity index (χ0) is 20.1. The molecule has 0 fully saturated rings. The highest BCUT2D eigenvalue weighted by atomic mass is 16.5. The van der Waals surface area contributed by atoms with E-state index >= 15 is 0 Å².